The van der Waals surface area contributed by atoms with E-state index in [2.05, 4.69) is 34.9 Å². The van der Waals surface area contributed by atoms with Crippen molar-refractivity contribution in [3.05, 3.63) is 23.9 Å². The molecule has 1 saturated heterocycles. The second-order valence-electron chi connectivity index (χ2n) is 4.34. The van der Waals surface area contributed by atoms with E-state index < -0.39 is 0 Å². The van der Waals surface area contributed by atoms with Gasteiger partial charge in [-0.25, -0.2) is 4.98 Å². The number of nitrogens with zero attached hydrogens (tertiary/aromatic N) is 4. The first-order chi connectivity index (χ1) is 7.72. The highest BCUT2D eigenvalue weighted by molar-refractivity contribution is 5.54. The molecule has 1 aliphatic rings. The highest BCUT2D eigenvalue weighted by Crippen LogP contribution is 2.22. The second-order valence-corrected chi connectivity index (χ2v) is 4.34. The maximum absolute atomic E-state index is 9.03. The van der Waals surface area contributed by atoms with Crippen molar-refractivity contribution in [1.82, 2.24) is 9.88 Å². The molecular formula is C12H16N4. The van der Waals surface area contributed by atoms with Crippen molar-refractivity contribution >= 4 is 5.82 Å². The van der Waals surface area contributed by atoms with Crippen molar-refractivity contribution in [2.24, 2.45) is 0 Å². The minimum Gasteiger partial charge on any atom is -0.354 e. The third kappa shape index (κ3) is 2.00. The Kier molecular flexibility index (Phi) is 3.07. The predicted molar refractivity (Wildman–Crippen MR) is 63.3 cm³/mol. The lowest BCUT2D eigenvalue weighted by atomic mass is 10.2. The Hall–Kier alpha value is -1.60. The summed E-state index contributed by atoms with van der Waals surface area (Å²) in [6, 6.07) is 6.39. The lowest BCUT2D eigenvalue weighted by molar-refractivity contribution is 0.315. The van der Waals surface area contributed by atoms with Gasteiger partial charge in [-0.2, -0.15) is 5.26 Å². The van der Waals surface area contributed by atoms with Crippen molar-refractivity contribution in [3.63, 3.8) is 0 Å². The summed E-state index contributed by atoms with van der Waals surface area (Å²) in [6.45, 7) is 1.94. The van der Waals surface area contributed by atoms with Crippen molar-refractivity contribution in [1.29, 1.82) is 5.26 Å². The van der Waals surface area contributed by atoms with Crippen LogP contribution >= 0.6 is 0 Å². The van der Waals surface area contributed by atoms with Crippen LogP contribution in [0.1, 0.15) is 12.0 Å². The second kappa shape index (κ2) is 4.50. The molecule has 1 unspecified atom stereocenters. The Morgan fingerprint density at radius 2 is 2.38 bits per heavy atom. The van der Waals surface area contributed by atoms with Crippen LogP contribution in [0, 0.1) is 11.3 Å². The largest absolute Gasteiger partial charge is 0.354 e. The normalized spacial score (nSPS) is 20.1. The number of rotatable bonds is 2. The summed E-state index contributed by atoms with van der Waals surface area (Å²) in [7, 11) is 4.19. The van der Waals surface area contributed by atoms with Gasteiger partial charge in [0, 0.05) is 25.3 Å². The number of hydrogen-bond donors (Lipinski definition) is 0. The van der Waals surface area contributed by atoms with E-state index in [1.165, 1.54) is 0 Å². The van der Waals surface area contributed by atoms with Crippen LogP contribution in [0.5, 0.6) is 0 Å². The van der Waals surface area contributed by atoms with Gasteiger partial charge in [0.1, 0.15) is 11.9 Å². The number of aromatic nitrogens is 1. The Bertz CT molecular complexity index is 408. The van der Waals surface area contributed by atoms with Gasteiger partial charge in [0.2, 0.25) is 0 Å². The summed E-state index contributed by atoms with van der Waals surface area (Å²) in [5, 5.41) is 9.03. The van der Waals surface area contributed by atoms with E-state index in [0.717, 1.165) is 25.3 Å². The van der Waals surface area contributed by atoms with Gasteiger partial charge in [0.05, 0.1) is 5.56 Å². The lowest BCUT2D eigenvalue weighted by Gasteiger charge is -2.21. The van der Waals surface area contributed by atoms with E-state index in [-0.39, 0.29) is 0 Å². The molecule has 4 nitrogen and oxygen atoms in total. The topological polar surface area (TPSA) is 43.2 Å². The highest BCUT2D eigenvalue weighted by atomic mass is 15.3. The summed E-state index contributed by atoms with van der Waals surface area (Å²) in [5.74, 6) is 0.828. The zero-order valence-corrected chi connectivity index (χ0v) is 9.72. The first kappa shape index (κ1) is 10.9. The molecule has 1 atom stereocenters. The molecule has 84 valence electrons. The number of hydrogen-bond acceptors (Lipinski definition) is 4. The molecule has 0 radical (unpaired) electrons. The molecule has 16 heavy (non-hydrogen) atoms. The quantitative estimate of drug-likeness (QED) is 0.742. The first-order valence-corrected chi connectivity index (χ1v) is 5.49. The van der Waals surface area contributed by atoms with Crippen LogP contribution in [0.3, 0.4) is 0 Å². The molecule has 0 spiro atoms. The molecular weight excluding hydrogens is 200 g/mol. The van der Waals surface area contributed by atoms with Gasteiger partial charge in [-0.05, 0) is 32.6 Å². The zero-order valence-electron chi connectivity index (χ0n) is 9.72. The number of pyridine rings is 1. The SMILES string of the molecule is CN(C)C1CCN(c2ncccc2C#N)C1. The summed E-state index contributed by atoms with van der Waals surface area (Å²) >= 11 is 0. The fourth-order valence-electron chi connectivity index (χ4n) is 2.09. The van der Waals surface area contributed by atoms with Crippen LogP contribution < -0.4 is 4.90 Å². The zero-order chi connectivity index (χ0) is 11.5. The van der Waals surface area contributed by atoms with Crippen molar-refractivity contribution in [2.75, 3.05) is 32.1 Å². The van der Waals surface area contributed by atoms with Gasteiger partial charge in [-0.1, -0.05) is 0 Å². The van der Waals surface area contributed by atoms with Gasteiger partial charge in [0.25, 0.3) is 0 Å². The van der Waals surface area contributed by atoms with Gasteiger partial charge in [-0.3, -0.25) is 0 Å². The molecule has 0 bridgehead atoms. The summed E-state index contributed by atoms with van der Waals surface area (Å²) in [6.07, 6.45) is 2.88. The average Bonchev–Trinajstić information content (AvgIpc) is 2.78. The number of anilines is 1. The van der Waals surface area contributed by atoms with Crippen LogP contribution in [0.15, 0.2) is 18.3 Å². The van der Waals surface area contributed by atoms with Gasteiger partial charge in [0.15, 0.2) is 0 Å². The van der Waals surface area contributed by atoms with Crippen molar-refractivity contribution < 1.29 is 0 Å². The third-order valence-corrected chi connectivity index (χ3v) is 3.10. The molecule has 0 aliphatic carbocycles. The van der Waals surface area contributed by atoms with E-state index in [0.29, 0.717) is 11.6 Å². The smallest absolute Gasteiger partial charge is 0.146 e. The maximum Gasteiger partial charge on any atom is 0.146 e. The minimum absolute atomic E-state index is 0.563. The molecule has 0 saturated carbocycles. The van der Waals surface area contributed by atoms with Crippen LogP contribution in [-0.2, 0) is 0 Å². The molecule has 2 rings (SSSR count). The highest BCUT2D eigenvalue weighted by Gasteiger charge is 2.26. The van der Waals surface area contributed by atoms with E-state index in [9.17, 15) is 0 Å². The monoisotopic (exact) mass is 216 g/mol. The maximum atomic E-state index is 9.03. The van der Waals surface area contributed by atoms with Crippen LogP contribution in [0.4, 0.5) is 5.82 Å². The fraction of sp³-hybridized carbons (Fsp3) is 0.500. The molecule has 1 aromatic rings. The van der Waals surface area contributed by atoms with Gasteiger partial charge < -0.3 is 9.80 Å². The molecule has 2 heterocycles. The van der Waals surface area contributed by atoms with Gasteiger partial charge >= 0.3 is 0 Å². The average molecular weight is 216 g/mol. The molecule has 1 aromatic heterocycles. The van der Waals surface area contributed by atoms with E-state index in [4.69, 9.17) is 5.26 Å². The molecule has 0 aromatic carbocycles. The van der Waals surface area contributed by atoms with Crippen LogP contribution in [0.2, 0.25) is 0 Å². The summed E-state index contributed by atoms with van der Waals surface area (Å²) < 4.78 is 0. The molecule has 0 N–H and O–H groups in total. The van der Waals surface area contributed by atoms with E-state index >= 15 is 0 Å². The Labute approximate surface area is 96.1 Å². The molecule has 1 aliphatic heterocycles. The van der Waals surface area contributed by atoms with Crippen LogP contribution in [0.25, 0.3) is 0 Å². The Morgan fingerprint density at radius 3 is 3.00 bits per heavy atom. The Morgan fingerprint density at radius 1 is 1.56 bits per heavy atom. The third-order valence-electron chi connectivity index (χ3n) is 3.10. The number of likely N-dealkylation sites (N-methyl/N-ethyl adjacent to an activating group) is 1. The Balaban J connectivity index is 2.18. The predicted octanol–water partition coefficient (Wildman–Crippen LogP) is 1.09. The standard InChI is InChI=1S/C12H16N4/c1-15(2)11-5-7-16(9-11)12-10(8-13)4-3-6-14-12/h3-4,6,11H,5,7,9H2,1-2H3. The van der Waals surface area contributed by atoms with Crippen molar-refractivity contribution in [3.8, 4) is 6.07 Å². The fourth-order valence-corrected chi connectivity index (χ4v) is 2.09. The first-order valence-electron chi connectivity index (χ1n) is 5.49. The molecule has 1 fully saturated rings. The summed E-state index contributed by atoms with van der Waals surface area (Å²) in [4.78, 5) is 8.74. The van der Waals surface area contributed by atoms with Crippen molar-refractivity contribution in [2.45, 2.75) is 12.5 Å². The summed E-state index contributed by atoms with van der Waals surface area (Å²) in [5.41, 5.74) is 0.668. The van der Waals surface area contributed by atoms with E-state index in [1.54, 1.807) is 6.20 Å². The van der Waals surface area contributed by atoms with Gasteiger partial charge in [-0.15, -0.1) is 0 Å². The molecule has 4 heteroatoms. The number of nitriles is 1. The minimum atomic E-state index is 0.563. The van der Waals surface area contributed by atoms with Crippen LogP contribution in [-0.4, -0.2) is 43.1 Å². The molecule has 0 amide bonds. The lowest BCUT2D eigenvalue weighted by Crippen LogP contribution is -2.31. The van der Waals surface area contributed by atoms with E-state index in [1.807, 2.05) is 12.1 Å².